The zero-order chi connectivity index (χ0) is 16.6. The minimum absolute atomic E-state index is 0.0321. The normalized spacial score (nSPS) is 11.0. The molecule has 0 aromatic heterocycles. The molecule has 0 bridgehead atoms. The number of hydrogen-bond acceptors (Lipinski definition) is 5. The van der Waals surface area contributed by atoms with Crippen molar-refractivity contribution in [3.63, 3.8) is 0 Å². The van der Waals surface area contributed by atoms with E-state index in [-0.39, 0.29) is 23.8 Å². The number of nitrogens with one attached hydrogen (secondary N) is 3. The molecule has 9 heteroatoms. The largest absolute Gasteiger partial charge is 0.356 e. The molecular weight excluding hydrogens is 308 g/mol. The first-order valence-corrected chi connectivity index (χ1v) is 8.16. The third-order valence-corrected chi connectivity index (χ3v) is 4.30. The molecule has 2 amide bonds. The highest BCUT2D eigenvalue weighted by molar-refractivity contribution is 7.89. The Morgan fingerprint density at radius 1 is 1.14 bits per heavy atom. The van der Waals surface area contributed by atoms with Gasteiger partial charge in [0.15, 0.2) is 0 Å². The minimum atomic E-state index is -3.66. The molecule has 0 unspecified atom stereocenters. The second kappa shape index (κ2) is 8.47. The van der Waals surface area contributed by atoms with Crippen molar-refractivity contribution < 1.29 is 18.0 Å². The molecule has 0 heterocycles. The maximum absolute atomic E-state index is 12.0. The molecular formula is C13H20N4O4S. The van der Waals surface area contributed by atoms with Crippen LogP contribution >= 0.6 is 0 Å². The summed E-state index contributed by atoms with van der Waals surface area (Å²) in [6, 6.07) is 6.33. The molecule has 0 atom stereocenters. The van der Waals surface area contributed by atoms with Gasteiger partial charge in [-0.05, 0) is 24.1 Å². The van der Waals surface area contributed by atoms with Crippen LogP contribution in [0, 0.1) is 0 Å². The maximum Gasteiger partial charge on any atom is 0.240 e. The zero-order valence-corrected chi connectivity index (χ0v) is 13.1. The van der Waals surface area contributed by atoms with E-state index in [0.29, 0.717) is 13.0 Å². The number of rotatable bonds is 8. The Bertz CT molecular complexity index is 613. The van der Waals surface area contributed by atoms with Crippen molar-refractivity contribution >= 4 is 21.8 Å². The molecule has 0 saturated heterocycles. The average Bonchev–Trinajstić information content (AvgIpc) is 2.47. The number of hydrogen-bond donors (Lipinski definition) is 4. The van der Waals surface area contributed by atoms with Crippen LogP contribution in [0.25, 0.3) is 0 Å². The smallest absolute Gasteiger partial charge is 0.240 e. The molecule has 122 valence electrons. The lowest BCUT2D eigenvalue weighted by atomic mass is 10.1. The average molecular weight is 328 g/mol. The molecule has 8 nitrogen and oxygen atoms in total. The fourth-order valence-electron chi connectivity index (χ4n) is 1.67. The summed E-state index contributed by atoms with van der Waals surface area (Å²) in [5, 5.41) is 2.67. The van der Waals surface area contributed by atoms with Gasteiger partial charge in [-0.1, -0.05) is 12.1 Å². The van der Waals surface area contributed by atoms with E-state index in [9.17, 15) is 18.0 Å². The van der Waals surface area contributed by atoms with E-state index in [1.165, 1.54) is 19.1 Å². The molecule has 5 N–H and O–H groups in total. The van der Waals surface area contributed by atoms with E-state index in [1.54, 1.807) is 12.1 Å². The van der Waals surface area contributed by atoms with Crippen LogP contribution in [0.5, 0.6) is 0 Å². The van der Waals surface area contributed by atoms with Crippen LogP contribution in [-0.4, -0.2) is 33.3 Å². The fraction of sp³-hybridized carbons (Fsp3) is 0.385. The van der Waals surface area contributed by atoms with Gasteiger partial charge in [-0.3, -0.25) is 15.0 Å². The van der Waals surface area contributed by atoms with Gasteiger partial charge in [0.1, 0.15) is 0 Å². The number of carbonyl (C=O) groups is 2. The fourth-order valence-corrected chi connectivity index (χ4v) is 2.70. The SMILES string of the molecule is CC(=O)NCCc1ccc(S(=O)(=O)NCCC(=O)NN)cc1. The zero-order valence-electron chi connectivity index (χ0n) is 12.3. The Balaban J connectivity index is 2.56. The van der Waals surface area contributed by atoms with E-state index >= 15 is 0 Å². The summed E-state index contributed by atoms with van der Waals surface area (Å²) in [4.78, 5) is 21.8. The third-order valence-electron chi connectivity index (χ3n) is 2.83. The molecule has 0 aliphatic rings. The number of carbonyl (C=O) groups excluding carboxylic acids is 2. The first-order chi connectivity index (χ1) is 10.3. The molecule has 1 aromatic carbocycles. The summed E-state index contributed by atoms with van der Waals surface area (Å²) in [6.45, 7) is 1.90. The highest BCUT2D eigenvalue weighted by Gasteiger charge is 2.13. The lowest BCUT2D eigenvalue weighted by Gasteiger charge is -2.07. The van der Waals surface area contributed by atoms with Crippen molar-refractivity contribution in [1.82, 2.24) is 15.5 Å². The van der Waals surface area contributed by atoms with Crippen molar-refractivity contribution in [3.05, 3.63) is 29.8 Å². The third kappa shape index (κ3) is 6.20. The Morgan fingerprint density at radius 2 is 1.77 bits per heavy atom. The second-order valence-electron chi connectivity index (χ2n) is 4.59. The van der Waals surface area contributed by atoms with Gasteiger partial charge in [-0.15, -0.1) is 0 Å². The van der Waals surface area contributed by atoms with Gasteiger partial charge in [0.25, 0.3) is 0 Å². The van der Waals surface area contributed by atoms with Crippen LogP contribution in [0.15, 0.2) is 29.2 Å². The number of amides is 2. The monoisotopic (exact) mass is 328 g/mol. The molecule has 0 aliphatic heterocycles. The molecule has 1 rings (SSSR count). The quantitative estimate of drug-likeness (QED) is 0.277. The number of benzene rings is 1. The van der Waals surface area contributed by atoms with E-state index in [4.69, 9.17) is 5.84 Å². The van der Waals surface area contributed by atoms with Crippen molar-refractivity contribution in [2.45, 2.75) is 24.7 Å². The summed E-state index contributed by atoms with van der Waals surface area (Å²) < 4.78 is 26.3. The number of nitrogens with two attached hydrogens (primary N) is 1. The van der Waals surface area contributed by atoms with Crippen LogP contribution < -0.4 is 21.3 Å². The first-order valence-electron chi connectivity index (χ1n) is 6.67. The Morgan fingerprint density at radius 3 is 2.32 bits per heavy atom. The summed E-state index contributed by atoms with van der Waals surface area (Å²) in [5.74, 6) is 4.35. The highest BCUT2D eigenvalue weighted by atomic mass is 32.2. The Labute approximate surface area is 129 Å². The molecule has 0 aliphatic carbocycles. The van der Waals surface area contributed by atoms with Crippen LogP contribution in [0.3, 0.4) is 0 Å². The summed E-state index contributed by atoms with van der Waals surface area (Å²) in [6.07, 6.45) is 0.578. The Hall–Kier alpha value is -1.97. The van der Waals surface area contributed by atoms with Crippen molar-refractivity contribution in [1.29, 1.82) is 0 Å². The van der Waals surface area contributed by atoms with E-state index in [1.807, 2.05) is 5.43 Å². The second-order valence-corrected chi connectivity index (χ2v) is 6.36. The summed E-state index contributed by atoms with van der Waals surface area (Å²) in [7, 11) is -3.66. The van der Waals surface area contributed by atoms with E-state index in [0.717, 1.165) is 5.56 Å². The van der Waals surface area contributed by atoms with Crippen LogP contribution in [0.2, 0.25) is 0 Å². The first kappa shape index (κ1) is 18.1. The van der Waals surface area contributed by atoms with Gasteiger partial charge in [0, 0.05) is 26.4 Å². The van der Waals surface area contributed by atoms with Crippen molar-refractivity contribution in [2.75, 3.05) is 13.1 Å². The van der Waals surface area contributed by atoms with Crippen LogP contribution in [0.4, 0.5) is 0 Å². The van der Waals surface area contributed by atoms with Gasteiger partial charge in [0.05, 0.1) is 4.90 Å². The van der Waals surface area contributed by atoms with Gasteiger partial charge < -0.3 is 5.32 Å². The summed E-state index contributed by atoms with van der Waals surface area (Å²) >= 11 is 0. The molecule has 1 aromatic rings. The van der Waals surface area contributed by atoms with Crippen LogP contribution in [0.1, 0.15) is 18.9 Å². The minimum Gasteiger partial charge on any atom is -0.356 e. The molecule has 0 saturated carbocycles. The highest BCUT2D eigenvalue weighted by Crippen LogP contribution is 2.10. The van der Waals surface area contributed by atoms with Gasteiger partial charge in [-0.2, -0.15) is 0 Å². The number of hydrazine groups is 1. The summed E-state index contributed by atoms with van der Waals surface area (Å²) in [5.41, 5.74) is 2.83. The van der Waals surface area contributed by atoms with Gasteiger partial charge in [0.2, 0.25) is 21.8 Å². The number of sulfonamides is 1. The molecule has 22 heavy (non-hydrogen) atoms. The molecule has 0 spiro atoms. The van der Waals surface area contributed by atoms with Crippen molar-refractivity contribution in [3.8, 4) is 0 Å². The lowest BCUT2D eigenvalue weighted by molar-refractivity contribution is -0.121. The lowest BCUT2D eigenvalue weighted by Crippen LogP contribution is -2.34. The van der Waals surface area contributed by atoms with E-state index in [2.05, 4.69) is 10.0 Å². The predicted molar refractivity (Wildman–Crippen MR) is 81.0 cm³/mol. The molecule has 0 radical (unpaired) electrons. The predicted octanol–water partition coefficient (Wildman–Crippen LogP) is -0.976. The van der Waals surface area contributed by atoms with E-state index < -0.39 is 15.9 Å². The van der Waals surface area contributed by atoms with Crippen molar-refractivity contribution in [2.24, 2.45) is 5.84 Å². The maximum atomic E-state index is 12.0. The topological polar surface area (TPSA) is 130 Å². The van der Waals surface area contributed by atoms with Gasteiger partial charge >= 0.3 is 0 Å². The van der Waals surface area contributed by atoms with Crippen LogP contribution in [-0.2, 0) is 26.0 Å². The van der Waals surface area contributed by atoms with Gasteiger partial charge in [-0.25, -0.2) is 19.0 Å². The molecule has 0 fully saturated rings. The standard InChI is InChI=1S/C13H20N4O4S/c1-10(18)15-8-6-11-2-4-12(5-3-11)22(20,21)16-9-7-13(19)17-14/h2-5,16H,6-9,14H2,1H3,(H,15,18)(H,17,19). The Kier molecular flexibility index (Phi) is 6.96.